The van der Waals surface area contributed by atoms with Gasteiger partial charge in [0, 0.05) is 18.8 Å². The Hall–Kier alpha value is -3.66. The number of fused-ring (bicyclic) bond motifs is 3. The molecule has 3 fully saturated rings. The maximum Gasteiger partial charge on any atom is 0.415 e. The summed E-state index contributed by atoms with van der Waals surface area (Å²) in [6.07, 6.45) is 0.500. The van der Waals surface area contributed by atoms with E-state index in [1.807, 2.05) is 0 Å². The van der Waals surface area contributed by atoms with Crippen molar-refractivity contribution in [2.24, 2.45) is 5.92 Å². The number of carbonyl (C=O) groups excluding carboxylic acids is 1. The molecule has 1 amide bonds. The lowest BCUT2D eigenvalue weighted by molar-refractivity contribution is -0.946. The highest BCUT2D eigenvalue weighted by Crippen LogP contribution is 2.36. The molecule has 3 aliphatic rings. The fourth-order valence-corrected chi connectivity index (χ4v) is 5.54. The first-order valence-corrected chi connectivity index (χ1v) is 12.8. The maximum absolute atomic E-state index is 14.0. The Bertz CT molecular complexity index is 1310. The Morgan fingerprint density at radius 3 is 2.26 bits per heavy atom. The van der Waals surface area contributed by atoms with Crippen LogP contribution in [0.5, 0.6) is 5.75 Å². The van der Waals surface area contributed by atoms with Gasteiger partial charge in [-0.2, -0.15) is 0 Å². The quantitative estimate of drug-likeness (QED) is 0.191. The lowest BCUT2D eigenvalue weighted by atomic mass is 9.83. The van der Waals surface area contributed by atoms with Crippen molar-refractivity contribution in [1.82, 2.24) is 0 Å². The third kappa shape index (κ3) is 6.16. The highest BCUT2D eigenvalue weighted by atomic mass is 19.2. The van der Waals surface area contributed by atoms with Crippen molar-refractivity contribution in [3.8, 4) is 5.75 Å². The van der Waals surface area contributed by atoms with Crippen molar-refractivity contribution in [2.45, 2.75) is 25.5 Å². The molecule has 5 nitrogen and oxygen atoms in total. The minimum absolute atomic E-state index is 0.0111. The predicted molar refractivity (Wildman–Crippen MR) is 134 cm³/mol. The molecule has 206 valence electrons. The summed E-state index contributed by atoms with van der Waals surface area (Å²) in [6.45, 7) is 3.13. The van der Waals surface area contributed by atoms with Crippen LogP contribution >= 0.6 is 0 Å². The van der Waals surface area contributed by atoms with E-state index in [4.69, 9.17) is 9.47 Å². The molecule has 0 spiro atoms. The third-order valence-corrected chi connectivity index (χ3v) is 7.67. The SMILES string of the molecule is O=C(OC1C[N+]2(CCOc3ccc(F)cc3)CCC1CC2)N(Cc1cc(F)c(F)c(F)c1)c1cccc(F)c1. The van der Waals surface area contributed by atoms with Crippen LogP contribution in [0.25, 0.3) is 0 Å². The molecule has 3 heterocycles. The van der Waals surface area contributed by atoms with Crippen LogP contribution in [-0.4, -0.2) is 49.5 Å². The summed E-state index contributed by atoms with van der Waals surface area (Å²) in [6, 6.07) is 12.6. The first kappa shape index (κ1) is 26.9. The summed E-state index contributed by atoms with van der Waals surface area (Å²) >= 11 is 0. The van der Waals surface area contributed by atoms with Gasteiger partial charge in [-0.15, -0.1) is 0 Å². The summed E-state index contributed by atoms with van der Waals surface area (Å²) in [7, 11) is 0. The van der Waals surface area contributed by atoms with Gasteiger partial charge < -0.3 is 14.0 Å². The molecule has 3 aliphatic heterocycles. The maximum atomic E-state index is 14.0. The molecule has 1 atom stereocenters. The number of piperidine rings is 3. The zero-order chi connectivity index (χ0) is 27.6. The van der Waals surface area contributed by atoms with Crippen LogP contribution in [-0.2, 0) is 11.3 Å². The molecule has 1 unspecified atom stereocenters. The lowest BCUT2D eigenvalue weighted by Gasteiger charge is -2.52. The number of amides is 1. The van der Waals surface area contributed by atoms with Crippen LogP contribution in [0, 0.1) is 35.0 Å². The molecule has 0 radical (unpaired) electrons. The predicted octanol–water partition coefficient (Wildman–Crippen LogP) is 6.21. The van der Waals surface area contributed by atoms with E-state index < -0.39 is 35.5 Å². The standard InChI is InChI=1S/C29H28F5N2O3/c30-21-4-6-24(7-5-21)38-13-12-36-10-8-20(9-11-36)27(18-36)39-29(37)35(23-3-1-2-22(31)16-23)17-19-14-25(32)28(34)26(33)15-19/h1-7,14-16,20,27H,8-13,17-18H2/q+1. The number of ether oxygens (including phenoxy) is 2. The van der Waals surface area contributed by atoms with E-state index in [1.165, 1.54) is 30.3 Å². The topological polar surface area (TPSA) is 38.8 Å². The number of nitrogens with zero attached hydrogens (tertiary/aromatic N) is 2. The van der Waals surface area contributed by atoms with Gasteiger partial charge in [-0.25, -0.2) is 26.7 Å². The summed E-state index contributed by atoms with van der Waals surface area (Å²) in [5.74, 6) is -4.59. The molecule has 0 aromatic heterocycles. The fraction of sp³-hybridized carbons (Fsp3) is 0.345. The number of carbonyl (C=O) groups is 1. The number of rotatable bonds is 8. The fourth-order valence-electron chi connectivity index (χ4n) is 5.54. The van der Waals surface area contributed by atoms with Gasteiger partial charge in [-0.05, 0) is 60.2 Å². The van der Waals surface area contributed by atoms with Gasteiger partial charge in [0.05, 0.1) is 25.3 Å². The number of quaternary nitrogens is 1. The van der Waals surface area contributed by atoms with E-state index in [0.29, 0.717) is 29.9 Å². The first-order chi connectivity index (χ1) is 18.7. The molecule has 6 rings (SSSR count). The largest absolute Gasteiger partial charge is 0.488 e. The van der Waals surface area contributed by atoms with Crippen LogP contribution in [0.4, 0.5) is 32.4 Å². The minimum atomic E-state index is -1.61. The van der Waals surface area contributed by atoms with Crippen molar-refractivity contribution in [1.29, 1.82) is 0 Å². The van der Waals surface area contributed by atoms with Gasteiger partial charge in [-0.1, -0.05) is 6.07 Å². The number of benzene rings is 3. The monoisotopic (exact) mass is 547 g/mol. The van der Waals surface area contributed by atoms with Crippen LogP contribution in [0.15, 0.2) is 60.7 Å². The number of hydrogen-bond acceptors (Lipinski definition) is 3. The molecule has 3 saturated heterocycles. The van der Waals surface area contributed by atoms with Crippen LogP contribution in [0.1, 0.15) is 18.4 Å². The molecular formula is C29H28F5N2O3+. The smallest absolute Gasteiger partial charge is 0.415 e. The van der Waals surface area contributed by atoms with Gasteiger partial charge in [0.2, 0.25) is 0 Å². The highest BCUT2D eigenvalue weighted by molar-refractivity contribution is 5.87. The Morgan fingerprint density at radius 2 is 1.59 bits per heavy atom. The van der Waals surface area contributed by atoms with Crippen molar-refractivity contribution in [2.75, 3.05) is 37.7 Å². The Labute approximate surface area is 222 Å². The van der Waals surface area contributed by atoms with Crippen molar-refractivity contribution >= 4 is 11.8 Å². The molecule has 3 aromatic carbocycles. The van der Waals surface area contributed by atoms with Crippen LogP contribution in [0.2, 0.25) is 0 Å². The first-order valence-electron chi connectivity index (χ1n) is 12.8. The average molecular weight is 548 g/mol. The van der Waals surface area contributed by atoms with E-state index >= 15 is 0 Å². The molecule has 0 aliphatic carbocycles. The van der Waals surface area contributed by atoms with Crippen molar-refractivity contribution in [3.63, 3.8) is 0 Å². The van der Waals surface area contributed by atoms with Gasteiger partial charge in [0.15, 0.2) is 23.6 Å². The van der Waals surface area contributed by atoms with Crippen molar-refractivity contribution in [3.05, 3.63) is 95.3 Å². The van der Waals surface area contributed by atoms with E-state index in [1.54, 1.807) is 12.1 Å². The molecule has 0 saturated carbocycles. The number of hydrogen-bond donors (Lipinski definition) is 0. The Morgan fingerprint density at radius 1 is 0.897 bits per heavy atom. The van der Waals surface area contributed by atoms with E-state index in [2.05, 4.69) is 0 Å². The van der Waals surface area contributed by atoms with Crippen molar-refractivity contribution < 1.29 is 40.7 Å². The summed E-state index contributed by atoms with van der Waals surface area (Å²) < 4.78 is 80.8. The van der Waals surface area contributed by atoms with Gasteiger partial charge in [0.1, 0.15) is 37.1 Å². The minimum Gasteiger partial charge on any atom is -0.488 e. The lowest BCUT2D eigenvalue weighted by Crippen LogP contribution is -2.65. The van der Waals surface area contributed by atoms with E-state index in [-0.39, 0.29) is 29.5 Å². The Balaban J connectivity index is 1.29. The van der Waals surface area contributed by atoms with Gasteiger partial charge in [0.25, 0.3) is 0 Å². The van der Waals surface area contributed by atoms with Crippen LogP contribution < -0.4 is 9.64 Å². The second kappa shape index (κ2) is 11.2. The number of halogens is 5. The number of anilines is 1. The zero-order valence-corrected chi connectivity index (χ0v) is 21.1. The molecule has 3 aromatic rings. The normalized spacial score (nSPS) is 22.0. The summed E-state index contributed by atoms with van der Waals surface area (Å²) in [4.78, 5) is 14.5. The van der Waals surface area contributed by atoms with E-state index in [9.17, 15) is 26.7 Å². The molecule has 39 heavy (non-hydrogen) atoms. The zero-order valence-electron chi connectivity index (χ0n) is 21.1. The highest BCUT2D eigenvalue weighted by Gasteiger charge is 2.48. The third-order valence-electron chi connectivity index (χ3n) is 7.67. The second-order valence-corrected chi connectivity index (χ2v) is 10.2. The van der Waals surface area contributed by atoms with E-state index in [0.717, 1.165) is 49.0 Å². The molecule has 2 bridgehead atoms. The molecule has 0 N–H and O–H groups in total. The average Bonchev–Trinajstić information content (AvgIpc) is 2.92. The van der Waals surface area contributed by atoms with Crippen LogP contribution in [0.3, 0.4) is 0 Å². The summed E-state index contributed by atoms with van der Waals surface area (Å²) in [5.41, 5.74) is 0.131. The molecule has 10 heteroatoms. The van der Waals surface area contributed by atoms with Gasteiger partial charge >= 0.3 is 6.09 Å². The summed E-state index contributed by atoms with van der Waals surface area (Å²) in [5, 5.41) is 0. The Kier molecular flexibility index (Phi) is 7.74. The second-order valence-electron chi connectivity index (χ2n) is 10.2. The molecular weight excluding hydrogens is 519 g/mol. The van der Waals surface area contributed by atoms with Gasteiger partial charge in [-0.3, -0.25) is 4.90 Å².